The van der Waals surface area contributed by atoms with Gasteiger partial charge in [0.1, 0.15) is 6.04 Å². The van der Waals surface area contributed by atoms with E-state index >= 15 is 0 Å². The molecule has 16 heavy (non-hydrogen) atoms. The molecule has 0 saturated heterocycles. The van der Waals surface area contributed by atoms with Crippen LogP contribution in [0.3, 0.4) is 0 Å². The lowest BCUT2D eigenvalue weighted by atomic mass is 10.1. The summed E-state index contributed by atoms with van der Waals surface area (Å²) in [5.41, 5.74) is 0.788. The molecule has 1 aromatic carbocycles. The lowest BCUT2D eigenvalue weighted by Gasteiger charge is -2.11. The zero-order valence-corrected chi connectivity index (χ0v) is 9.14. The van der Waals surface area contributed by atoms with Gasteiger partial charge in [-0.3, -0.25) is 4.79 Å². The number of methoxy groups -OCH3 is 1. The first kappa shape index (κ1) is 12.2. The van der Waals surface area contributed by atoms with Gasteiger partial charge >= 0.3 is 0 Å². The Kier molecular flexibility index (Phi) is 5.03. The Morgan fingerprint density at radius 1 is 1.50 bits per heavy atom. The van der Waals surface area contributed by atoms with Crippen LogP contribution in [-0.4, -0.2) is 19.6 Å². The van der Waals surface area contributed by atoms with Crippen molar-refractivity contribution in [3.8, 4) is 6.07 Å². The minimum atomic E-state index is -0.592. The van der Waals surface area contributed by atoms with Crippen LogP contribution in [-0.2, 0) is 9.53 Å². The fraction of sp³-hybridized carbons (Fsp3) is 0.333. The van der Waals surface area contributed by atoms with Crippen molar-refractivity contribution in [2.24, 2.45) is 0 Å². The van der Waals surface area contributed by atoms with Gasteiger partial charge in [-0.25, -0.2) is 0 Å². The minimum Gasteiger partial charge on any atom is -0.384 e. The summed E-state index contributed by atoms with van der Waals surface area (Å²) in [4.78, 5) is 11.4. The molecule has 0 aliphatic heterocycles. The van der Waals surface area contributed by atoms with Crippen molar-refractivity contribution in [3.63, 3.8) is 0 Å². The van der Waals surface area contributed by atoms with Gasteiger partial charge in [-0.2, -0.15) is 5.26 Å². The number of ether oxygens (including phenoxy) is 1. The predicted molar refractivity (Wildman–Crippen MR) is 59.4 cm³/mol. The third-order valence-electron chi connectivity index (χ3n) is 2.10. The molecule has 0 radical (unpaired) electrons. The highest BCUT2D eigenvalue weighted by Crippen LogP contribution is 2.10. The van der Waals surface area contributed by atoms with Crippen molar-refractivity contribution in [1.82, 2.24) is 5.32 Å². The number of nitrogens with one attached hydrogen (secondary N) is 1. The number of nitriles is 1. The quantitative estimate of drug-likeness (QED) is 0.812. The molecule has 1 atom stereocenters. The van der Waals surface area contributed by atoms with Crippen molar-refractivity contribution in [2.45, 2.75) is 12.5 Å². The van der Waals surface area contributed by atoms with Crippen molar-refractivity contribution in [3.05, 3.63) is 35.9 Å². The molecule has 0 aliphatic carbocycles. The van der Waals surface area contributed by atoms with Crippen molar-refractivity contribution < 1.29 is 9.53 Å². The van der Waals surface area contributed by atoms with E-state index in [9.17, 15) is 4.79 Å². The van der Waals surface area contributed by atoms with Crippen LogP contribution in [0.15, 0.2) is 30.3 Å². The first-order chi connectivity index (χ1) is 7.77. The fourth-order valence-corrected chi connectivity index (χ4v) is 1.26. The zero-order chi connectivity index (χ0) is 11.8. The van der Waals surface area contributed by atoms with E-state index in [0.29, 0.717) is 6.61 Å². The van der Waals surface area contributed by atoms with Crippen molar-refractivity contribution in [1.29, 1.82) is 5.26 Å². The Hall–Kier alpha value is -1.86. The fourth-order valence-electron chi connectivity index (χ4n) is 1.26. The third-order valence-corrected chi connectivity index (χ3v) is 2.10. The molecule has 0 aliphatic rings. The van der Waals surface area contributed by atoms with E-state index in [1.165, 1.54) is 7.11 Å². The molecule has 4 heteroatoms. The summed E-state index contributed by atoms with van der Waals surface area (Å²) >= 11 is 0. The maximum Gasteiger partial charge on any atom is 0.223 e. The Morgan fingerprint density at radius 3 is 2.75 bits per heavy atom. The highest BCUT2D eigenvalue weighted by Gasteiger charge is 2.12. The molecule has 1 N–H and O–H groups in total. The van der Waals surface area contributed by atoms with Crippen LogP contribution >= 0.6 is 0 Å². The highest BCUT2D eigenvalue weighted by atomic mass is 16.5. The van der Waals surface area contributed by atoms with E-state index in [4.69, 9.17) is 10.00 Å². The van der Waals surface area contributed by atoms with Crippen LogP contribution in [0.5, 0.6) is 0 Å². The average molecular weight is 218 g/mol. The summed E-state index contributed by atoms with van der Waals surface area (Å²) in [6.07, 6.45) is 0.265. The Labute approximate surface area is 94.8 Å². The van der Waals surface area contributed by atoms with E-state index in [1.807, 2.05) is 30.3 Å². The normalized spacial score (nSPS) is 11.5. The van der Waals surface area contributed by atoms with Gasteiger partial charge < -0.3 is 10.1 Å². The SMILES string of the molecule is COCCC(=O)NC(C#N)c1ccccc1. The molecule has 4 nitrogen and oxygen atoms in total. The van der Waals surface area contributed by atoms with Gasteiger partial charge in [0, 0.05) is 13.5 Å². The largest absolute Gasteiger partial charge is 0.384 e. The Bertz CT molecular complexity index is 370. The van der Waals surface area contributed by atoms with Gasteiger partial charge in [0.2, 0.25) is 5.91 Å². The highest BCUT2D eigenvalue weighted by molar-refractivity contribution is 5.76. The van der Waals surface area contributed by atoms with E-state index in [1.54, 1.807) is 0 Å². The first-order valence-corrected chi connectivity index (χ1v) is 5.00. The van der Waals surface area contributed by atoms with Crippen LogP contribution in [0.25, 0.3) is 0 Å². The summed E-state index contributed by atoms with van der Waals surface area (Å²) in [5, 5.41) is 11.6. The van der Waals surface area contributed by atoms with Crippen LogP contribution in [0, 0.1) is 11.3 Å². The van der Waals surface area contributed by atoms with E-state index < -0.39 is 6.04 Å². The molecular weight excluding hydrogens is 204 g/mol. The maximum atomic E-state index is 11.4. The maximum absolute atomic E-state index is 11.4. The van der Waals surface area contributed by atoms with Crippen molar-refractivity contribution >= 4 is 5.91 Å². The van der Waals surface area contributed by atoms with E-state index in [2.05, 4.69) is 11.4 Å². The molecule has 1 amide bonds. The zero-order valence-electron chi connectivity index (χ0n) is 9.14. The minimum absolute atomic E-state index is 0.183. The van der Waals surface area contributed by atoms with Crippen LogP contribution < -0.4 is 5.32 Å². The van der Waals surface area contributed by atoms with Gasteiger partial charge in [0.15, 0.2) is 0 Å². The number of nitrogens with zero attached hydrogens (tertiary/aromatic N) is 1. The standard InChI is InChI=1S/C12H14N2O2/c1-16-8-7-12(15)14-11(9-13)10-5-3-2-4-6-10/h2-6,11H,7-8H2,1H3,(H,14,15). The molecule has 0 spiro atoms. The van der Waals surface area contributed by atoms with Crippen LogP contribution in [0.2, 0.25) is 0 Å². The lowest BCUT2D eigenvalue weighted by Crippen LogP contribution is -2.28. The number of hydrogen-bond donors (Lipinski definition) is 1. The van der Waals surface area contributed by atoms with Crippen LogP contribution in [0.1, 0.15) is 18.0 Å². The van der Waals surface area contributed by atoms with E-state index in [0.717, 1.165) is 5.56 Å². The van der Waals surface area contributed by atoms with Gasteiger partial charge in [-0.15, -0.1) is 0 Å². The molecule has 1 rings (SSSR count). The molecular formula is C12H14N2O2. The number of carbonyl (C=O) groups is 1. The predicted octanol–water partition coefficient (Wildman–Crippen LogP) is 1.40. The monoisotopic (exact) mass is 218 g/mol. The smallest absolute Gasteiger partial charge is 0.223 e. The molecule has 84 valence electrons. The summed E-state index contributed by atoms with van der Waals surface area (Å²) in [5.74, 6) is -0.183. The molecule has 1 unspecified atom stereocenters. The lowest BCUT2D eigenvalue weighted by molar-refractivity contribution is -0.122. The van der Waals surface area contributed by atoms with Gasteiger partial charge in [0.25, 0.3) is 0 Å². The summed E-state index contributed by atoms with van der Waals surface area (Å²) in [6.45, 7) is 0.360. The second kappa shape index (κ2) is 6.59. The van der Waals surface area contributed by atoms with Crippen molar-refractivity contribution in [2.75, 3.05) is 13.7 Å². The molecule has 0 heterocycles. The number of carbonyl (C=O) groups excluding carboxylic acids is 1. The average Bonchev–Trinajstić information content (AvgIpc) is 2.34. The molecule has 0 saturated carbocycles. The number of rotatable bonds is 5. The van der Waals surface area contributed by atoms with Gasteiger partial charge in [0.05, 0.1) is 12.7 Å². The number of benzene rings is 1. The number of amides is 1. The van der Waals surface area contributed by atoms with Crippen LogP contribution in [0.4, 0.5) is 0 Å². The van der Waals surface area contributed by atoms with E-state index in [-0.39, 0.29) is 12.3 Å². The Morgan fingerprint density at radius 2 is 2.19 bits per heavy atom. The van der Waals surface area contributed by atoms with Gasteiger partial charge in [-0.05, 0) is 5.56 Å². The second-order valence-corrected chi connectivity index (χ2v) is 3.28. The Balaban J connectivity index is 2.57. The molecule has 0 bridgehead atoms. The summed E-state index contributed by atoms with van der Waals surface area (Å²) in [6, 6.07) is 10.6. The summed E-state index contributed by atoms with van der Waals surface area (Å²) in [7, 11) is 1.53. The van der Waals surface area contributed by atoms with Gasteiger partial charge in [-0.1, -0.05) is 30.3 Å². The molecule has 1 aromatic rings. The molecule has 0 fully saturated rings. The topological polar surface area (TPSA) is 62.1 Å². The first-order valence-electron chi connectivity index (χ1n) is 5.00. The second-order valence-electron chi connectivity index (χ2n) is 3.28. The third kappa shape index (κ3) is 3.71. The summed E-state index contributed by atoms with van der Waals surface area (Å²) < 4.78 is 4.79. The number of hydrogen-bond acceptors (Lipinski definition) is 3. The molecule has 0 aromatic heterocycles.